The fourth-order valence-corrected chi connectivity index (χ4v) is 4.57. The van der Waals surface area contributed by atoms with Gasteiger partial charge in [-0.05, 0) is 31.5 Å². The van der Waals surface area contributed by atoms with Crippen molar-refractivity contribution in [1.82, 2.24) is 10.2 Å². The lowest BCUT2D eigenvalue weighted by Gasteiger charge is -2.31. The molecule has 0 saturated carbocycles. The molecular formula is C22H26Cl2N4O6S. The van der Waals surface area contributed by atoms with E-state index in [1.807, 2.05) is 6.92 Å². The van der Waals surface area contributed by atoms with Crippen LogP contribution in [0.5, 0.6) is 0 Å². The van der Waals surface area contributed by atoms with Crippen LogP contribution in [0.25, 0.3) is 0 Å². The first-order chi connectivity index (χ1) is 16.4. The molecule has 0 aliphatic carbocycles. The van der Waals surface area contributed by atoms with Crippen LogP contribution in [-0.2, 0) is 26.2 Å². The molecule has 10 nitrogen and oxygen atoms in total. The van der Waals surface area contributed by atoms with Crippen molar-refractivity contribution in [3.63, 3.8) is 0 Å². The first-order valence-corrected chi connectivity index (χ1v) is 13.2. The Morgan fingerprint density at radius 2 is 1.74 bits per heavy atom. The summed E-state index contributed by atoms with van der Waals surface area (Å²) in [5.41, 5.74) is -0.00920. The summed E-state index contributed by atoms with van der Waals surface area (Å²) in [4.78, 5) is 37.8. The number of sulfonamides is 1. The van der Waals surface area contributed by atoms with Crippen LogP contribution in [0, 0.1) is 10.1 Å². The number of carbonyl (C=O) groups is 2. The minimum atomic E-state index is -4.03. The van der Waals surface area contributed by atoms with Crippen LogP contribution in [0.1, 0.15) is 25.8 Å². The van der Waals surface area contributed by atoms with Gasteiger partial charge in [-0.25, -0.2) is 8.42 Å². The Morgan fingerprint density at radius 3 is 2.29 bits per heavy atom. The molecule has 0 heterocycles. The maximum atomic E-state index is 13.5. The second-order valence-corrected chi connectivity index (χ2v) is 10.5. The minimum Gasteiger partial charge on any atom is -0.354 e. The number of non-ortho nitro benzene ring substituents is 1. The zero-order valence-electron chi connectivity index (χ0n) is 19.4. The number of hydrogen-bond acceptors (Lipinski definition) is 6. The van der Waals surface area contributed by atoms with Crippen LogP contribution >= 0.6 is 23.2 Å². The largest absolute Gasteiger partial charge is 0.354 e. The molecular weight excluding hydrogens is 519 g/mol. The molecule has 1 N–H and O–H groups in total. The first-order valence-electron chi connectivity index (χ1n) is 10.6. The Bertz CT molecular complexity index is 1190. The Hall–Kier alpha value is -2.89. The van der Waals surface area contributed by atoms with Gasteiger partial charge in [-0.15, -0.1) is 0 Å². The van der Waals surface area contributed by atoms with Gasteiger partial charge < -0.3 is 10.2 Å². The Labute approximate surface area is 214 Å². The number of anilines is 1. The zero-order valence-corrected chi connectivity index (χ0v) is 21.7. The van der Waals surface area contributed by atoms with Crippen LogP contribution in [0.3, 0.4) is 0 Å². The SMILES string of the molecule is CCCNC(=O)[C@@H](C)N(Cc1c(Cl)cccc1Cl)C(=O)CN(c1cccc([N+](=O)[O-])c1)S(C)(=O)=O. The summed E-state index contributed by atoms with van der Waals surface area (Å²) < 4.78 is 25.8. The summed E-state index contributed by atoms with van der Waals surface area (Å²) in [6.45, 7) is 2.91. The van der Waals surface area contributed by atoms with E-state index < -0.39 is 39.3 Å². The lowest BCUT2D eigenvalue weighted by molar-refractivity contribution is -0.384. The number of nitrogens with zero attached hydrogens (tertiary/aromatic N) is 3. The maximum Gasteiger partial charge on any atom is 0.271 e. The molecule has 190 valence electrons. The quantitative estimate of drug-likeness (QED) is 0.339. The summed E-state index contributed by atoms with van der Waals surface area (Å²) in [7, 11) is -4.03. The molecule has 0 spiro atoms. The fourth-order valence-electron chi connectivity index (χ4n) is 3.21. The van der Waals surface area contributed by atoms with E-state index in [1.165, 1.54) is 30.0 Å². The molecule has 1 atom stereocenters. The molecule has 2 aromatic carbocycles. The number of carbonyl (C=O) groups excluding carboxylic acids is 2. The molecule has 0 unspecified atom stereocenters. The molecule has 0 aliphatic rings. The number of amides is 2. The third-order valence-electron chi connectivity index (χ3n) is 5.11. The zero-order chi connectivity index (χ0) is 26.3. The smallest absolute Gasteiger partial charge is 0.271 e. The molecule has 0 radical (unpaired) electrons. The standard InChI is InChI=1S/C22H26Cl2N4O6S/c1-4-11-25-22(30)15(2)26(13-18-19(23)9-6-10-20(18)24)21(29)14-27(35(3,33)34)16-7-5-8-17(12-16)28(31)32/h5-10,12,15H,4,11,13-14H2,1-3H3,(H,25,30)/t15-/m1/s1. The highest BCUT2D eigenvalue weighted by molar-refractivity contribution is 7.92. The van der Waals surface area contributed by atoms with Gasteiger partial charge in [-0.1, -0.05) is 42.3 Å². The van der Waals surface area contributed by atoms with E-state index in [1.54, 1.807) is 18.2 Å². The monoisotopic (exact) mass is 544 g/mol. The van der Waals surface area contributed by atoms with Gasteiger partial charge in [0.2, 0.25) is 21.8 Å². The van der Waals surface area contributed by atoms with E-state index in [4.69, 9.17) is 23.2 Å². The van der Waals surface area contributed by atoms with Gasteiger partial charge >= 0.3 is 0 Å². The molecule has 2 aromatic rings. The van der Waals surface area contributed by atoms with E-state index in [-0.39, 0.29) is 28.0 Å². The van der Waals surface area contributed by atoms with E-state index in [0.717, 1.165) is 16.6 Å². The lowest BCUT2D eigenvalue weighted by Crippen LogP contribution is -2.51. The van der Waals surface area contributed by atoms with Crippen LogP contribution in [0.2, 0.25) is 10.0 Å². The van der Waals surface area contributed by atoms with Gasteiger partial charge in [0.1, 0.15) is 12.6 Å². The van der Waals surface area contributed by atoms with E-state index in [9.17, 15) is 28.1 Å². The van der Waals surface area contributed by atoms with Gasteiger partial charge in [0.25, 0.3) is 5.69 Å². The predicted octanol–water partition coefficient (Wildman–Crippen LogP) is 3.61. The number of halogens is 2. The number of rotatable bonds is 11. The van der Waals surface area contributed by atoms with Crippen molar-refractivity contribution in [1.29, 1.82) is 0 Å². The Morgan fingerprint density at radius 1 is 1.14 bits per heavy atom. The second kappa shape index (κ2) is 12.2. The highest BCUT2D eigenvalue weighted by Crippen LogP contribution is 2.28. The molecule has 0 bridgehead atoms. The normalized spacial score (nSPS) is 12.0. The number of nitrogens with one attached hydrogen (secondary N) is 1. The Balaban J connectivity index is 2.47. The summed E-state index contributed by atoms with van der Waals surface area (Å²) in [6, 6.07) is 8.72. The number of nitro benzene ring substituents is 1. The lowest BCUT2D eigenvalue weighted by atomic mass is 10.1. The van der Waals surface area contributed by atoms with E-state index in [2.05, 4.69) is 5.32 Å². The van der Waals surface area contributed by atoms with Gasteiger partial charge in [-0.2, -0.15) is 0 Å². The van der Waals surface area contributed by atoms with Crippen LogP contribution in [-0.4, -0.2) is 55.4 Å². The average molecular weight is 545 g/mol. The summed E-state index contributed by atoms with van der Waals surface area (Å²) in [5.74, 6) is -1.17. The molecule has 2 amide bonds. The maximum absolute atomic E-state index is 13.5. The third kappa shape index (κ3) is 7.55. The number of benzene rings is 2. The number of nitro groups is 1. The minimum absolute atomic E-state index is 0.0612. The van der Waals surface area contributed by atoms with Crippen LogP contribution in [0.15, 0.2) is 42.5 Å². The summed E-state index contributed by atoms with van der Waals surface area (Å²) >= 11 is 12.5. The second-order valence-electron chi connectivity index (χ2n) is 7.74. The van der Waals surface area contributed by atoms with E-state index in [0.29, 0.717) is 18.5 Å². The first kappa shape index (κ1) is 28.3. The van der Waals surface area contributed by atoms with Crippen molar-refractivity contribution < 1.29 is 22.9 Å². The van der Waals surface area contributed by atoms with Gasteiger partial charge in [0.05, 0.1) is 16.9 Å². The van der Waals surface area contributed by atoms with Crippen molar-refractivity contribution in [2.75, 3.05) is 23.7 Å². The van der Waals surface area contributed by atoms with Crippen molar-refractivity contribution >= 4 is 56.4 Å². The Kier molecular flexibility index (Phi) is 9.87. The predicted molar refractivity (Wildman–Crippen MR) is 135 cm³/mol. The van der Waals surface area contributed by atoms with Crippen LogP contribution in [0.4, 0.5) is 11.4 Å². The molecule has 13 heteroatoms. The van der Waals surface area contributed by atoms with Crippen molar-refractivity contribution in [2.45, 2.75) is 32.9 Å². The van der Waals surface area contributed by atoms with Crippen molar-refractivity contribution in [3.8, 4) is 0 Å². The highest BCUT2D eigenvalue weighted by atomic mass is 35.5. The van der Waals surface area contributed by atoms with Gasteiger partial charge in [0.15, 0.2) is 0 Å². The van der Waals surface area contributed by atoms with Gasteiger partial charge in [0, 0.05) is 40.8 Å². The van der Waals surface area contributed by atoms with Gasteiger partial charge in [-0.3, -0.25) is 24.0 Å². The molecule has 0 saturated heterocycles. The van der Waals surface area contributed by atoms with E-state index >= 15 is 0 Å². The summed E-state index contributed by atoms with van der Waals surface area (Å²) in [6.07, 6.45) is 1.56. The molecule has 0 aromatic heterocycles. The topological polar surface area (TPSA) is 130 Å². The summed E-state index contributed by atoms with van der Waals surface area (Å²) in [5, 5.41) is 14.4. The fraction of sp³-hybridized carbons (Fsp3) is 0.364. The molecule has 35 heavy (non-hydrogen) atoms. The highest BCUT2D eigenvalue weighted by Gasteiger charge is 2.31. The third-order valence-corrected chi connectivity index (χ3v) is 6.96. The molecule has 2 rings (SSSR count). The number of hydrogen-bond donors (Lipinski definition) is 1. The average Bonchev–Trinajstić information content (AvgIpc) is 2.79. The molecule has 0 aliphatic heterocycles. The van der Waals surface area contributed by atoms with Crippen molar-refractivity contribution in [2.24, 2.45) is 0 Å². The van der Waals surface area contributed by atoms with Crippen LogP contribution < -0.4 is 9.62 Å². The van der Waals surface area contributed by atoms with Crippen molar-refractivity contribution in [3.05, 3.63) is 68.2 Å². The molecule has 0 fully saturated rings.